The van der Waals surface area contributed by atoms with Gasteiger partial charge in [0.2, 0.25) is 0 Å². The Morgan fingerprint density at radius 2 is 1.96 bits per heavy atom. The average Bonchev–Trinajstić information content (AvgIpc) is 2.52. The number of likely N-dealkylation sites (N-methyl/N-ethyl adjacent to an activating group) is 1. The van der Waals surface area contributed by atoms with Crippen LogP contribution in [0.2, 0.25) is 0 Å². The summed E-state index contributed by atoms with van der Waals surface area (Å²) >= 11 is 0. The summed E-state index contributed by atoms with van der Waals surface area (Å²) in [5.74, 6) is -0.555. The lowest BCUT2D eigenvalue weighted by atomic mass is 9.85. The zero-order valence-corrected chi connectivity index (χ0v) is 15.3. The highest BCUT2D eigenvalue weighted by Crippen LogP contribution is 2.37. The third kappa shape index (κ3) is 8.22. The summed E-state index contributed by atoms with van der Waals surface area (Å²) in [5.41, 5.74) is 0. The molecule has 0 saturated heterocycles. The quantitative estimate of drug-likeness (QED) is 0.521. The highest BCUT2D eigenvalue weighted by Gasteiger charge is 2.42. The van der Waals surface area contributed by atoms with Gasteiger partial charge in [0.15, 0.2) is 5.96 Å². The fourth-order valence-electron chi connectivity index (χ4n) is 3.00. The molecule has 0 aliphatic heterocycles. The summed E-state index contributed by atoms with van der Waals surface area (Å²) in [7, 11) is 2.07. The summed E-state index contributed by atoms with van der Waals surface area (Å²) in [6.45, 7) is 7.37. The Bertz CT molecular complexity index is 371. The van der Waals surface area contributed by atoms with Crippen molar-refractivity contribution in [1.82, 2.24) is 15.5 Å². The van der Waals surface area contributed by atoms with E-state index in [0.29, 0.717) is 25.5 Å². The van der Waals surface area contributed by atoms with Gasteiger partial charge in [-0.05, 0) is 46.2 Å². The molecule has 0 aromatic rings. The van der Waals surface area contributed by atoms with E-state index in [1.807, 2.05) is 6.92 Å². The van der Waals surface area contributed by atoms with Crippen molar-refractivity contribution in [2.75, 3.05) is 33.2 Å². The molecular weight excluding hydrogens is 317 g/mol. The van der Waals surface area contributed by atoms with Crippen molar-refractivity contribution in [3.63, 3.8) is 0 Å². The SMILES string of the molecule is CCCCN(C)CCN=C(NCC)NC1CCCC(C(F)(F)F)C1. The fraction of sp³-hybridized carbons (Fsp3) is 0.941. The van der Waals surface area contributed by atoms with Crippen LogP contribution in [0.5, 0.6) is 0 Å². The lowest BCUT2D eigenvalue weighted by molar-refractivity contribution is -0.183. The molecule has 4 nitrogen and oxygen atoms in total. The van der Waals surface area contributed by atoms with Gasteiger partial charge in [-0.1, -0.05) is 19.8 Å². The van der Waals surface area contributed by atoms with Crippen molar-refractivity contribution in [3.8, 4) is 0 Å². The van der Waals surface area contributed by atoms with Crippen LogP contribution >= 0.6 is 0 Å². The van der Waals surface area contributed by atoms with Crippen molar-refractivity contribution < 1.29 is 13.2 Å². The first-order valence-corrected chi connectivity index (χ1v) is 9.16. The van der Waals surface area contributed by atoms with E-state index in [9.17, 15) is 13.2 Å². The van der Waals surface area contributed by atoms with E-state index in [-0.39, 0.29) is 18.9 Å². The van der Waals surface area contributed by atoms with Crippen LogP contribution in [-0.2, 0) is 0 Å². The van der Waals surface area contributed by atoms with E-state index >= 15 is 0 Å². The van der Waals surface area contributed by atoms with E-state index in [2.05, 4.69) is 34.5 Å². The standard InChI is InChI=1S/C17H33F3N4/c1-4-6-11-24(3)12-10-22-16(21-5-2)23-15-9-7-8-14(13-15)17(18,19)20/h14-15H,4-13H2,1-3H3,(H2,21,22,23). The molecule has 2 atom stereocenters. The molecule has 0 amide bonds. The second kappa shape index (κ2) is 10.8. The molecule has 2 unspecified atom stereocenters. The fourth-order valence-corrected chi connectivity index (χ4v) is 3.00. The number of hydrogen-bond acceptors (Lipinski definition) is 2. The van der Waals surface area contributed by atoms with Crippen molar-refractivity contribution in [1.29, 1.82) is 0 Å². The molecule has 1 aliphatic carbocycles. The Morgan fingerprint density at radius 3 is 2.58 bits per heavy atom. The second-order valence-corrected chi connectivity index (χ2v) is 6.66. The van der Waals surface area contributed by atoms with E-state index in [4.69, 9.17) is 0 Å². The number of nitrogens with one attached hydrogen (secondary N) is 2. The zero-order valence-electron chi connectivity index (χ0n) is 15.3. The lowest BCUT2D eigenvalue weighted by Gasteiger charge is -2.32. The molecule has 1 rings (SSSR count). The lowest BCUT2D eigenvalue weighted by Crippen LogP contribution is -2.47. The second-order valence-electron chi connectivity index (χ2n) is 6.66. The highest BCUT2D eigenvalue weighted by atomic mass is 19.4. The average molecular weight is 350 g/mol. The number of aliphatic imine (C=N–C) groups is 1. The van der Waals surface area contributed by atoms with Gasteiger partial charge in [0.05, 0.1) is 12.5 Å². The van der Waals surface area contributed by atoms with Gasteiger partial charge in [-0.25, -0.2) is 0 Å². The van der Waals surface area contributed by atoms with Crippen LogP contribution in [-0.4, -0.2) is 56.3 Å². The minimum atomic E-state index is -4.09. The van der Waals surface area contributed by atoms with Gasteiger partial charge in [-0.2, -0.15) is 13.2 Å². The molecule has 1 aliphatic rings. The maximum absolute atomic E-state index is 12.9. The number of nitrogens with zero attached hydrogens (tertiary/aromatic N) is 2. The number of unbranched alkanes of at least 4 members (excludes halogenated alkanes) is 1. The normalized spacial score (nSPS) is 22.7. The molecule has 2 N–H and O–H groups in total. The predicted octanol–water partition coefficient (Wildman–Crippen LogP) is 3.39. The van der Waals surface area contributed by atoms with Gasteiger partial charge in [-0.15, -0.1) is 0 Å². The molecule has 0 spiro atoms. The van der Waals surface area contributed by atoms with Crippen LogP contribution in [0.3, 0.4) is 0 Å². The summed E-state index contributed by atoms with van der Waals surface area (Å²) in [6, 6.07) is -0.152. The Kier molecular flexibility index (Phi) is 9.48. The van der Waals surface area contributed by atoms with Gasteiger partial charge >= 0.3 is 6.18 Å². The van der Waals surface area contributed by atoms with Crippen LogP contribution < -0.4 is 10.6 Å². The highest BCUT2D eigenvalue weighted by molar-refractivity contribution is 5.80. The summed E-state index contributed by atoms with van der Waals surface area (Å²) in [4.78, 5) is 6.75. The Balaban J connectivity index is 2.48. The molecular formula is C17H33F3N4. The first-order chi connectivity index (χ1) is 11.4. The molecule has 0 heterocycles. The molecule has 7 heteroatoms. The Morgan fingerprint density at radius 1 is 1.21 bits per heavy atom. The Hall–Kier alpha value is -0.980. The monoisotopic (exact) mass is 350 g/mol. The van der Waals surface area contributed by atoms with Crippen LogP contribution in [0.4, 0.5) is 13.2 Å². The van der Waals surface area contributed by atoms with E-state index in [1.54, 1.807) is 0 Å². The molecule has 0 radical (unpaired) electrons. The number of alkyl halides is 3. The van der Waals surface area contributed by atoms with Gasteiger partial charge in [-0.3, -0.25) is 4.99 Å². The predicted molar refractivity (Wildman–Crippen MR) is 93.3 cm³/mol. The van der Waals surface area contributed by atoms with Gasteiger partial charge < -0.3 is 15.5 Å². The minimum absolute atomic E-state index is 0.143. The largest absolute Gasteiger partial charge is 0.391 e. The molecule has 0 bridgehead atoms. The zero-order chi connectivity index (χ0) is 18.0. The van der Waals surface area contributed by atoms with Crippen molar-refractivity contribution >= 4 is 5.96 Å². The maximum atomic E-state index is 12.9. The molecule has 0 aromatic heterocycles. The summed E-state index contributed by atoms with van der Waals surface area (Å²) < 4.78 is 38.7. The molecule has 0 aromatic carbocycles. The van der Waals surface area contributed by atoms with E-state index < -0.39 is 12.1 Å². The first-order valence-electron chi connectivity index (χ1n) is 9.16. The minimum Gasteiger partial charge on any atom is -0.357 e. The van der Waals surface area contributed by atoms with E-state index in [1.165, 1.54) is 12.8 Å². The van der Waals surface area contributed by atoms with Crippen LogP contribution in [0, 0.1) is 5.92 Å². The van der Waals surface area contributed by atoms with Crippen molar-refractivity contribution in [2.24, 2.45) is 10.9 Å². The number of guanidine groups is 1. The van der Waals surface area contributed by atoms with Gasteiger partial charge in [0, 0.05) is 19.1 Å². The van der Waals surface area contributed by atoms with Crippen LogP contribution in [0.1, 0.15) is 52.4 Å². The third-order valence-electron chi connectivity index (χ3n) is 4.47. The smallest absolute Gasteiger partial charge is 0.357 e. The Labute approximate surface area is 144 Å². The first kappa shape index (κ1) is 21.1. The molecule has 24 heavy (non-hydrogen) atoms. The number of halogens is 3. The molecule has 1 fully saturated rings. The number of hydrogen-bond donors (Lipinski definition) is 2. The molecule has 142 valence electrons. The van der Waals surface area contributed by atoms with Gasteiger partial charge in [0.1, 0.15) is 0 Å². The third-order valence-corrected chi connectivity index (χ3v) is 4.47. The summed E-state index contributed by atoms with van der Waals surface area (Å²) in [6.07, 6.45) is 0.0213. The molecule has 1 saturated carbocycles. The van der Waals surface area contributed by atoms with Crippen LogP contribution in [0.15, 0.2) is 4.99 Å². The van der Waals surface area contributed by atoms with Crippen molar-refractivity contribution in [2.45, 2.75) is 64.6 Å². The van der Waals surface area contributed by atoms with Crippen LogP contribution in [0.25, 0.3) is 0 Å². The summed E-state index contributed by atoms with van der Waals surface area (Å²) in [5, 5.41) is 6.34. The van der Waals surface area contributed by atoms with Gasteiger partial charge in [0.25, 0.3) is 0 Å². The van der Waals surface area contributed by atoms with E-state index in [0.717, 1.165) is 19.5 Å². The topological polar surface area (TPSA) is 39.7 Å². The number of rotatable bonds is 8. The maximum Gasteiger partial charge on any atom is 0.391 e. The van der Waals surface area contributed by atoms with Crippen molar-refractivity contribution in [3.05, 3.63) is 0 Å².